The van der Waals surface area contributed by atoms with E-state index in [0.29, 0.717) is 17.1 Å². The maximum atomic E-state index is 13.3. The number of pyridine rings is 2. The van der Waals surface area contributed by atoms with Crippen molar-refractivity contribution < 1.29 is 13.9 Å². The number of nitrogens with one attached hydrogen (secondary N) is 1. The first-order chi connectivity index (χ1) is 16.9. The van der Waals surface area contributed by atoms with Crippen LogP contribution < -0.4 is 21.2 Å². The molecule has 11 heteroatoms. The molecule has 4 aromatic rings. The van der Waals surface area contributed by atoms with Crippen LogP contribution in [0.3, 0.4) is 0 Å². The van der Waals surface area contributed by atoms with E-state index in [1.54, 1.807) is 18.2 Å². The highest BCUT2D eigenvalue weighted by atomic mass is 35.5. The molecule has 0 fully saturated rings. The summed E-state index contributed by atoms with van der Waals surface area (Å²) in [6, 6.07) is 9.86. The van der Waals surface area contributed by atoms with Crippen LogP contribution in [0.15, 0.2) is 78.5 Å². The smallest absolute Gasteiger partial charge is 0.262 e. The molecule has 0 atom stereocenters. The molecule has 1 aromatic carbocycles. The van der Waals surface area contributed by atoms with Gasteiger partial charge in [0.1, 0.15) is 39.5 Å². The number of anilines is 2. The molecule has 0 aliphatic rings. The summed E-state index contributed by atoms with van der Waals surface area (Å²) in [5, 5.41) is 6.99. The topological polar surface area (TPSA) is 125 Å². The molecule has 0 saturated heterocycles. The monoisotopic (exact) mass is 492 g/mol. The van der Waals surface area contributed by atoms with Crippen molar-refractivity contribution in [3.8, 4) is 22.8 Å². The molecule has 35 heavy (non-hydrogen) atoms. The fourth-order valence-corrected chi connectivity index (χ4v) is 3.22. The average Bonchev–Trinajstić information content (AvgIpc) is 2.85. The lowest BCUT2D eigenvalue weighted by Gasteiger charge is -2.11. The minimum absolute atomic E-state index is 0.00436. The molecule has 1 amide bonds. The molecule has 3 aromatic heterocycles. The van der Waals surface area contributed by atoms with E-state index in [4.69, 9.17) is 22.1 Å². The summed E-state index contributed by atoms with van der Waals surface area (Å²) in [6.07, 6.45) is 5.71. The number of allylic oxidation sites excluding steroid dienone is 1. The fourth-order valence-electron chi connectivity index (χ4n) is 3.07. The maximum absolute atomic E-state index is 13.3. The minimum Gasteiger partial charge on any atom is -0.454 e. The molecular formula is C24H18ClFN6O3. The van der Waals surface area contributed by atoms with Crippen molar-refractivity contribution in [3.63, 3.8) is 0 Å². The van der Waals surface area contributed by atoms with Gasteiger partial charge in [0.05, 0.1) is 12.7 Å². The Morgan fingerprint density at radius 3 is 2.66 bits per heavy atom. The van der Waals surface area contributed by atoms with Crippen molar-refractivity contribution in [1.29, 1.82) is 0 Å². The third-order valence-electron chi connectivity index (χ3n) is 4.73. The normalized spacial score (nSPS) is 10.6. The minimum atomic E-state index is -0.690. The van der Waals surface area contributed by atoms with Gasteiger partial charge in [0.15, 0.2) is 5.75 Å². The maximum Gasteiger partial charge on any atom is 0.262 e. The Bertz CT molecular complexity index is 1460. The molecule has 3 heterocycles. The number of aromatic nitrogens is 4. The van der Waals surface area contributed by atoms with Gasteiger partial charge in [-0.1, -0.05) is 17.7 Å². The Balaban J connectivity index is 1.58. The lowest BCUT2D eigenvalue weighted by atomic mass is 10.1. The summed E-state index contributed by atoms with van der Waals surface area (Å²) in [6.45, 7) is 3.90. The highest BCUT2D eigenvalue weighted by Crippen LogP contribution is 2.32. The number of benzene rings is 1. The van der Waals surface area contributed by atoms with Crippen LogP contribution in [0.4, 0.5) is 16.0 Å². The van der Waals surface area contributed by atoms with Crippen molar-refractivity contribution >= 4 is 29.1 Å². The van der Waals surface area contributed by atoms with Crippen LogP contribution in [-0.2, 0) is 6.54 Å². The van der Waals surface area contributed by atoms with Gasteiger partial charge in [-0.15, -0.1) is 6.58 Å². The van der Waals surface area contributed by atoms with E-state index in [1.165, 1.54) is 53.6 Å². The summed E-state index contributed by atoms with van der Waals surface area (Å²) in [5.41, 5.74) is 5.27. The van der Waals surface area contributed by atoms with Gasteiger partial charge in [0.25, 0.3) is 5.91 Å². The van der Waals surface area contributed by atoms with Crippen molar-refractivity contribution in [2.45, 2.75) is 6.54 Å². The first kappa shape index (κ1) is 23.6. The molecule has 3 N–H and O–H groups in total. The average molecular weight is 493 g/mol. The SMILES string of the molecule is C=CCn1cc(C(=O)Nc2ccc(Oc3ccnc(N)c3Cl)cn2)c(=O)c(-c2ccc(F)cc2)n1. The molecule has 0 unspecified atom stereocenters. The van der Waals surface area contributed by atoms with Crippen LogP contribution >= 0.6 is 11.6 Å². The predicted octanol–water partition coefficient (Wildman–Crippen LogP) is 4.31. The van der Waals surface area contributed by atoms with E-state index in [2.05, 4.69) is 27.0 Å². The summed E-state index contributed by atoms with van der Waals surface area (Å²) >= 11 is 6.07. The zero-order valence-electron chi connectivity index (χ0n) is 18.1. The van der Waals surface area contributed by atoms with Crippen molar-refractivity contribution in [1.82, 2.24) is 19.7 Å². The second-order valence-corrected chi connectivity index (χ2v) is 7.56. The number of nitrogen functional groups attached to an aromatic ring is 1. The second kappa shape index (κ2) is 10.1. The standard InChI is InChI=1S/C24H18ClFN6O3/c1-2-11-32-13-17(22(33)21(31-32)14-3-5-15(26)6-4-14)24(34)30-19-8-7-16(12-29-19)35-18-9-10-28-23(27)20(18)25/h2-10,12-13H,1,11H2,(H2,27,28)(H,29,30,34). The van der Waals surface area contributed by atoms with Crippen LogP contribution in [0, 0.1) is 5.82 Å². The van der Waals surface area contributed by atoms with Gasteiger partial charge in [-0.05, 0) is 36.4 Å². The fraction of sp³-hybridized carbons (Fsp3) is 0.0417. The predicted molar refractivity (Wildman–Crippen MR) is 130 cm³/mol. The van der Waals surface area contributed by atoms with Gasteiger partial charge in [-0.3, -0.25) is 14.3 Å². The molecule has 0 aliphatic carbocycles. The quantitative estimate of drug-likeness (QED) is 0.368. The number of ether oxygens (including phenoxy) is 1. The number of nitrogens with zero attached hydrogens (tertiary/aromatic N) is 4. The van der Waals surface area contributed by atoms with Gasteiger partial charge in [-0.25, -0.2) is 14.4 Å². The number of carbonyl (C=O) groups excluding carboxylic acids is 1. The highest BCUT2D eigenvalue weighted by molar-refractivity contribution is 6.34. The first-order valence-corrected chi connectivity index (χ1v) is 10.6. The zero-order valence-corrected chi connectivity index (χ0v) is 18.9. The van der Waals surface area contributed by atoms with Crippen LogP contribution in [0.5, 0.6) is 11.5 Å². The molecule has 4 rings (SSSR count). The lowest BCUT2D eigenvalue weighted by Crippen LogP contribution is -2.26. The van der Waals surface area contributed by atoms with Crippen molar-refractivity contribution in [3.05, 3.63) is 100 Å². The largest absolute Gasteiger partial charge is 0.454 e. The van der Waals surface area contributed by atoms with Gasteiger partial charge in [-0.2, -0.15) is 5.10 Å². The molecular weight excluding hydrogens is 475 g/mol. The van der Waals surface area contributed by atoms with E-state index in [-0.39, 0.29) is 34.5 Å². The second-order valence-electron chi connectivity index (χ2n) is 7.18. The lowest BCUT2D eigenvalue weighted by molar-refractivity contribution is 0.102. The number of carbonyl (C=O) groups is 1. The van der Waals surface area contributed by atoms with Gasteiger partial charge in [0.2, 0.25) is 5.43 Å². The molecule has 0 aliphatic heterocycles. The van der Waals surface area contributed by atoms with Crippen LogP contribution in [0.1, 0.15) is 10.4 Å². The molecule has 0 radical (unpaired) electrons. The Labute approximate surface area is 203 Å². The van der Waals surface area contributed by atoms with Gasteiger partial charge >= 0.3 is 0 Å². The summed E-state index contributed by atoms with van der Waals surface area (Å²) in [7, 11) is 0. The molecule has 0 saturated carbocycles. The zero-order chi connectivity index (χ0) is 24.9. The number of hydrogen-bond acceptors (Lipinski definition) is 7. The van der Waals surface area contributed by atoms with Crippen LogP contribution in [0.2, 0.25) is 5.02 Å². The number of halogens is 2. The first-order valence-electron chi connectivity index (χ1n) is 10.2. The van der Waals surface area contributed by atoms with E-state index in [1.807, 2.05) is 0 Å². The van der Waals surface area contributed by atoms with Gasteiger partial charge < -0.3 is 15.8 Å². The summed E-state index contributed by atoms with van der Waals surface area (Å²) in [5.74, 6) is -0.207. The summed E-state index contributed by atoms with van der Waals surface area (Å²) < 4.78 is 20.4. The Morgan fingerprint density at radius 2 is 1.97 bits per heavy atom. The van der Waals surface area contributed by atoms with Crippen LogP contribution in [-0.4, -0.2) is 25.7 Å². The Hall–Kier alpha value is -4.57. The van der Waals surface area contributed by atoms with Crippen molar-refractivity contribution in [2.75, 3.05) is 11.1 Å². The van der Waals surface area contributed by atoms with Crippen LogP contribution in [0.25, 0.3) is 11.3 Å². The Morgan fingerprint density at radius 1 is 1.20 bits per heavy atom. The summed E-state index contributed by atoms with van der Waals surface area (Å²) in [4.78, 5) is 34.0. The van der Waals surface area contributed by atoms with E-state index >= 15 is 0 Å². The highest BCUT2D eigenvalue weighted by Gasteiger charge is 2.18. The molecule has 0 spiro atoms. The third kappa shape index (κ3) is 5.33. The third-order valence-corrected chi connectivity index (χ3v) is 5.11. The van der Waals surface area contributed by atoms with E-state index in [0.717, 1.165) is 0 Å². The Kier molecular flexibility index (Phi) is 6.83. The van der Waals surface area contributed by atoms with E-state index in [9.17, 15) is 14.0 Å². The number of nitrogens with two attached hydrogens (primary N) is 1. The number of amides is 1. The molecule has 9 nitrogen and oxygen atoms in total. The van der Waals surface area contributed by atoms with Crippen molar-refractivity contribution in [2.24, 2.45) is 0 Å². The number of hydrogen-bond donors (Lipinski definition) is 2. The van der Waals surface area contributed by atoms with Gasteiger partial charge in [0, 0.05) is 24.0 Å². The number of rotatable bonds is 7. The molecule has 176 valence electrons. The van der Waals surface area contributed by atoms with E-state index < -0.39 is 17.2 Å². The molecule has 0 bridgehead atoms.